The lowest BCUT2D eigenvalue weighted by Crippen LogP contribution is -2.18. The minimum absolute atomic E-state index is 0.350. The third kappa shape index (κ3) is 1.65. The fourth-order valence-corrected chi connectivity index (χ4v) is 3.16. The van der Waals surface area contributed by atoms with E-state index in [0.29, 0.717) is 18.5 Å². The monoisotopic (exact) mass is 215 g/mol. The van der Waals surface area contributed by atoms with Crippen LogP contribution in [-0.4, -0.2) is 15.0 Å². The Balaban J connectivity index is 2.36. The van der Waals surface area contributed by atoms with Gasteiger partial charge in [-0.3, -0.25) is 0 Å². The fourth-order valence-electron chi connectivity index (χ4n) is 1.61. The maximum absolute atomic E-state index is 12.6. The van der Waals surface area contributed by atoms with Crippen LogP contribution in [0.25, 0.3) is 0 Å². The van der Waals surface area contributed by atoms with Crippen molar-refractivity contribution in [1.29, 1.82) is 0 Å². The molecule has 1 fully saturated rings. The summed E-state index contributed by atoms with van der Waals surface area (Å²) in [6.07, 6.45) is 0.550. The molecule has 1 N–H and O–H groups in total. The number of hydrogen-bond acceptors (Lipinski definition) is 2. The molecule has 3 nitrogen and oxygen atoms in total. The molecule has 1 heterocycles. The Morgan fingerprint density at radius 1 is 1.29 bits per heavy atom. The van der Waals surface area contributed by atoms with Crippen LogP contribution in [0.15, 0.2) is 24.3 Å². The Morgan fingerprint density at radius 2 is 1.93 bits per heavy atom. The van der Waals surface area contributed by atoms with Gasteiger partial charge in [-0.25, -0.2) is 17.5 Å². The van der Waals surface area contributed by atoms with Crippen LogP contribution in [0, 0.1) is 5.82 Å². The van der Waals surface area contributed by atoms with Gasteiger partial charge in [-0.15, -0.1) is 0 Å². The minimum atomic E-state index is -3.23. The highest BCUT2D eigenvalue weighted by Gasteiger charge is 2.31. The summed E-state index contributed by atoms with van der Waals surface area (Å²) in [5, 5.41) is -0.525. The largest absolute Gasteiger partial charge is 0.218 e. The Labute approximate surface area is 82.0 Å². The minimum Gasteiger partial charge on any atom is -0.215 e. The summed E-state index contributed by atoms with van der Waals surface area (Å²) < 4.78 is 37.9. The van der Waals surface area contributed by atoms with Gasteiger partial charge in [0.05, 0.1) is 0 Å². The number of rotatable bonds is 1. The first-order valence-electron chi connectivity index (χ1n) is 4.33. The molecule has 2 rings (SSSR count). The molecule has 1 aromatic carbocycles. The Morgan fingerprint density at radius 3 is 2.43 bits per heavy atom. The lowest BCUT2D eigenvalue weighted by Gasteiger charge is -2.07. The van der Waals surface area contributed by atoms with Crippen LogP contribution in [0.1, 0.15) is 17.2 Å². The fraction of sp³-hybridized carbons (Fsp3) is 0.333. The second kappa shape index (κ2) is 3.33. The normalized spacial score (nSPS) is 25.1. The lowest BCUT2D eigenvalue weighted by atomic mass is 10.1. The molecule has 1 unspecified atom stereocenters. The van der Waals surface area contributed by atoms with E-state index >= 15 is 0 Å². The van der Waals surface area contributed by atoms with Gasteiger partial charge < -0.3 is 0 Å². The van der Waals surface area contributed by atoms with Crippen LogP contribution < -0.4 is 4.72 Å². The molecular formula is C9H10FNO2S. The summed E-state index contributed by atoms with van der Waals surface area (Å²) >= 11 is 0. The highest BCUT2D eigenvalue weighted by atomic mass is 32.2. The Bertz CT molecular complexity index is 427. The van der Waals surface area contributed by atoms with Gasteiger partial charge in [0, 0.05) is 6.54 Å². The number of nitrogens with one attached hydrogen (secondary N) is 1. The zero-order valence-electron chi connectivity index (χ0n) is 7.40. The first-order valence-corrected chi connectivity index (χ1v) is 5.88. The van der Waals surface area contributed by atoms with E-state index < -0.39 is 15.3 Å². The summed E-state index contributed by atoms with van der Waals surface area (Å²) in [4.78, 5) is 0. The molecule has 0 aromatic heterocycles. The number of halogens is 1. The van der Waals surface area contributed by atoms with Gasteiger partial charge >= 0.3 is 0 Å². The summed E-state index contributed by atoms with van der Waals surface area (Å²) in [5.41, 5.74) is 0.649. The van der Waals surface area contributed by atoms with Gasteiger partial charge in [-0.1, -0.05) is 12.1 Å². The average molecular weight is 215 g/mol. The highest BCUT2D eigenvalue weighted by Crippen LogP contribution is 2.28. The second-order valence-corrected chi connectivity index (χ2v) is 5.22. The maximum atomic E-state index is 12.6. The molecule has 76 valence electrons. The van der Waals surface area contributed by atoms with Gasteiger partial charge in [-0.05, 0) is 24.1 Å². The average Bonchev–Trinajstić information content (AvgIpc) is 2.47. The molecule has 0 bridgehead atoms. The van der Waals surface area contributed by atoms with E-state index in [1.165, 1.54) is 24.3 Å². The zero-order valence-corrected chi connectivity index (χ0v) is 8.22. The molecule has 0 saturated carbocycles. The molecule has 0 radical (unpaired) electrons. The van der Waals surface area contributed by atoms with Crippen molar-refractivity contribution in [2.75, 3.05) is 6.54 Å². The first-order chi connectivity index (χ1) is 6.59. The van der Waals surface area contributed by atoms with E-state index in [4.69, 9.17) is 0 Å². The van der Waals surface area contributed by atoms with Crippen molar-refractivity contribution in [3.63, 3.8) is 0 Å². The number of benzene rings is 1. The zero-order chi connectivity index (χ0) is 10.2. The van der Waals surface area contributed by atoms with Gasteiger partial charge in [0.2, 0.25) is 10.0 Å². The number of hydrogen-bond donors (Lipinski definition) is 1. The van der Waals surface area contributed by atoms with Crippen LogP contribution in [0.4, 0.5) is 4.39 Å². The molecule has 0 aliphatic carbocycles. The third-order valence-electron chi connectivity index (χ3n) is 2.33. The van der Waals surface area contributed by atoms with Crippen molar-refractivity contribution in [3.05, 3.63) is 35.6 Å². The standard InChI is InChI=1S/C9H10FNO2S/c10-8-3-1-7(2-4-8)9-5-6-11-14(9,12)13/h1-4,9,11H,5-6H2. The van der Waals surface area contributed by atoms with E-state index in [1.54, 1.807) is 0 Å². The molecule has 1 saturated heterocycles. The second-order valence-electron chi connectivity index (χ2n) is 3.27. The summed E-state index contributed by atoms with van der Waals surface area (Å²) in [5.74, 6) is -0.350. The van der Waals surface area contributed by atoms with Crippen LogP contribution >= 0.6 is 0 Å². The van der Waals surface area contributed by atoms with Crippen LogP contribution in [-0.2, 0) is 10.0 Å². The SMILES string of the molecule is O=S1(=O)NCCC1c1ccc(F)cc1. The molecule has 1 aliphatic rings. The van der Waals surface area contributed by atoms with Crippen LogP contribution in [0.5, 0.6) is 0 Å². The quantitative estimate of drug-likeness (QED) is 0.764. The molecule has 1 aromatic rings. The molecule has 0 amide bonds. The van der Waals surface area contributed by atoms with Crippen molar-refractivity contribution in [2.45, 2.75) is 11.7 Å². The number of sulfonamides is 1. The van der Waals surface area contributed by atoms with Crippen molar-refractivity contribution in [1.82, 2.24) is 4.72 Å². The van der Waals surface area contributed by atoms with E-state index in [2.05, 4.69) is 4.72 Å². The molecular weight excluding hydrogens is 205 g/mol. The van der Waals surface area contributed by atoms with E-state index in [-0.39, 0.29) is 5.82 Å². The molecule has 0 spiro atoms. The van der Waals surface area contributed by atoms with Crippen molar-refractivity contribution >= 4 is 10.0 Å². The lowest BCUT2D eigenvalue weighted by molar-refractivity contribution is 0.585. The van der Waals surface area contributed by atoms with Crippen molar-refractivity contribution in [3.8, 4) is 0 Å². The summed E-state index contributed by atoms with van der Waals surface area (Å²) in [6, 6.07) is 5.60. The van der Waals surface area contributed by atoms with Gasteiger partial charge in [0.15, 0.2) is 0 Å². The van der Waals surface area contributed by atoms with E-state index in [1.807, 2.05) is 0 Å². The van der Waals surface area contributed by atoms with Gasteiger partial charge in [-0.2, -0.15) is 0 Å². The van der Waals surface area contributed by atoms with Gasteiger partial charge in [0.25, 0.3) is 0 Å². The summed E-state index contributed by atoms with van der Waals surface area (Å²) in [6.45, 7) is 0.463. The predicted molar refractivity (Wildman–Crippen MR) is 50.7 cm³/mol. The van der Waals surface area contributed by atoms with Crippen molar-refractivity contribution < 1.29 is 12.8 Å². The van der Waals surface area contributed by atoms with Crippen molar-refractivity contribution in [2.24, 2.45) is 0 Å². The highest BCUT2D eigenvalue weighted by molar-refractivity contribution is 7.90. The van der Waals surface area contributed by atoms with E-state index in [0.717, 1.165) is 0 Å². The topological polar surface area (TPSA) is 46.2 Å². The molecule has 5 heteroatoms. The summed E-state index contributed by atoms with van der Waals surface area (Å²) in [7, 11) is -3.23. The third-order valence-corrected chi connectivity index (χ3v) is 4.19. The van der Waals surface area contributed by atoms with Crippen LogP contribution in [0.2, 0.25) is 0 Å². The molecule has 1 aliphatic heterocycles. The van der Waals surface area contributed by atoms with Crippen LogP contribution in [0.3, 0.4) is 0 Å². The Kier molecular flexibility index (Phi) is 2.28. The maximum Gasteiger partial charge on any atom is 0.218 e. The Hall–Kier alpha value is -0.940. The predicted octanol–water partition coefficient (Wildman–Crippen LogP) is 1.19. The van der Waals surface area contributed by atoms with Gasteiger partial charge in [0.1, 0.15) is 11.1 Å². The smallest absolute Gasteiger partial charge is 0.215 e. The molecule has 14 heavy (non-hydrogen) atoms. The first kappa shape index (κ1) is 9.61. The van der Waals surface area contributed by atoms with E-state index in [9.17, 15) is 12.8 Å². The molecule has 1 atom stereocenters.